The van der Waals surface area contributed by atoms with Crippen LogP contribution in [0.25, 0.3) is 0 Å². The number of nitrogens with two attached hydrogens (primary N) is 1. The fraction of sp³-hybridized carbons (Fsp3) is 0.273. The van der Waals surface area contributed by atoms with E-state index >= 15 is 0 Å². The summed E-state index contributed by atoms with van der Waals surface area (Å²) in [5.41, 5.74) is 6.16. The molecule has 0 bridgehead atoms. The molecule has 0 saturated heterocycles. The lowest BCUT2D eigenvalue weighted by Crippen LogP contribution is -2.42. The Hall–Kier alpha value is -0.210. The summed E-state index contributed by atoms with van der Waals surface area (Å²) in [5.74, 6) is -0.101. The SMILES string of the molecule is CC(C(N)=S)N(C)C(=O)c1cc(I)ccc1Br. The number of thiocarbonyl (C=S) groups is 1. The number of benzene rings is 1. The zero-order valence-electron chi connectivity index (χ0n) is 9.41. The highest BCUT2D eigenvalue weighted by atomic mass is 127. The Morgan fingerprint density at radius 1 is 1.59 bits per heavy atom. The maximum atomic E-state index is 12.2. The third-order valence-corrected chi connectivity index (χ3v) is 4.18. The number of nitrogens with zero attached hydrogens (tertiary/aromatic N) is 1. The van der Waals surface area contributed by atoms with Gasteiger partial charge in [-0.2, -0.15) is 0 Å². The molecule has 1 atom stereocenters. The standard InChI is InChI=1S/C11H12BrIN2OS/c1-6(10(14)17)15(2)11(16)8-5-7(13)3-4-9(8)12/h3-6H,1-2H3,(H2,14,17). The topological polar surface area (TPSA) is 46.3 Å². The van der Waals surface area contributed by atoms with Crippen molar-refractivity contribution in [1.82, 2.24) is 4.90 Å². The van der Waals surface area contributed by atoms with Crippen LogP contribution in [-0.2, 0) is 0 Å². The average Bonchev–Trinajstić information content (AvgIpc) is 2.29. The summed E-state index contributed by atoms with van der Waals surface area (Å²) in [6.07, 6.45) is 0. The molecular formula is C11H12BrIN2OS. The van der Waals surface area contributed by atoms with Gasteiger partial charge in [0.2, 0.25) is 0 Å². The van der Waals surface area contributed by atoms with E-state index in [2.05, 4.69) is 38.5 Å². The fourth-order valence-electron chi connectivity index (χ4n) is 1.22. The van der Waals surface area contributed by atoms with Crippen LogP contribution in [0, 0.1) is 3.57 Å². The van der Waals surface area contributed by atoms with E-state index in [9.17, 15) is 4.79 Å². The molecule has 1 aromatic rings. The number of halogens is 2. The summed E-state index contributed by atoms with van der Waals surface area (Å²) in [5, 5.41) is 0. The van der Waals surface area contributed by atoms with Gasteiger partial charge in [-0.15, -0.1) is 0 Å². The molecule has 0 aliphatic heterocycles. The minimum absolute atomic E-state index is 0.101. The molecule has 1 amide bonds. The van der Waals surface area contributed by atoms with Crippen molar-refractivity contribution in [1.29, 1.82) is 0 Å². The summed E-state index contributed by atoms with van der Waals surface area (Å²) in [6, 6.07) is 5.35. The molecule has 0 aromatic heterocycles. The monoisotopic (exact) mass is 426 g/mol. The molecule has 0 aliphatic carbocycles. The molecule has 6 heteroatoms. The Kier molecular flexibility index (Phi) is 5.33. The van der Waals surface area contributed by atoms with Gasteiger partial charge < -0.3 is 10.6 Å². The number of amides is 1. The summed E-state index contributed by atoms with van der Waals surface area (Å²) >= 11 is 10.4. The Labute approximate surface area is 128 Å². The predicted octanol–water partition coefficient (Wildman–Crippen LogP) is 2.80. The van der Waals surface area contributed by atoms with Crippen molar-refractivity contribution < 1.29 is 4.79 Å². The molecule has 0 heterocycles. The lowest BCUT2D eigenvalue weighted by atomic mass is 10.2. The van der Waals surface area contributed by atoms with Crippen LogP contribution in [0.3, 0.4) is 0 Å². The van der Waals surface area contributed by atoms with Gasteiger partial charge in [-0.25, -0.2) is 0 Å². The van der Waals surface area contributed by atoms with Crippen LogP contribution < -0.4 is 5.73 Å². The van der Waals surface area contributed by atoms with E-state index in [1.807, 2.05) is 25.1 Å². The van der Waals surface area contributed by atoms with E-state index in [-0.39, 0.29) is 11.9 Å². The van der Waals surface area contributed by atoms with E-state index < -0.39 is 0 Å². The Morgan fingerprint density at radius 2 is 2.18 bits per heavy atom. The number of likely N-dealkylation sites (N-methyl/N-ethyl adjacent to an activating group) is 1. The molecule has 1 unspecified atom stereocenters. The normalized spacial score (nSPS) is 12.0. The lowest BCUT2D eigenvalue weighted by Gasteiger charge is -2.24. The first-order valence-electron chi connectivity index (χ1n) is 4.86. The molecule has 1 rings (SSSR count). The van der Waals surface area contributed by atoms with Gasteiger partial charge in [-0.3, -0.25) is 4.79 Å². The molecule has 3 nitrogen and oxygen atoms in total. The van der Waals surface area contributed by atoms with Crippen molar-refractivity contribution in [3.05, 3.63) is 31.8 Å². The quantitative estimate of drug-likeness (QED) is 0.597. The first-order chi connectivity index (χ1) is 7.84. The van der Waals surface area contributed by atoms with Gasteiger partial charge in [-0.05, 0) is 63.6 Å². The van der Waals surface area contributed by atoms with E-state index in [1.54, 1.807) is 11.9 Å². The summed E-state index contributed by atoms with van der Waals surface area (Å²) in [4.78, 5) is 14.1. The molecule has 1 aromatic carbocycles. The summed E-state index contributed by atoms with van der Waals surface area (Å²) in [7, 11) is 1.69. The van der Waals surface area contributed by atoms with E-state index in [0.717, 1.165) is 8.04 Å². The summed E-state index contributed by atoms with van der Waals surface area (Å²) in [6.45, 7) is 1.81. The van der Waals surface area contributed by atoms with Crippen molar-refractivity contribution in [3.8, 4) is 0 Å². The van der Waals surface area contributed by atoms with Crippen LogP contribution >= 0.6 is 50.7 Å². The van der Waals surface area contributed by atoms with Crippen LogP contribution in [0.15, 0.2) is 22.7 Å². The van der Waals surface area contributed by atoms with E-state index in [1.165, 1.54) is 0 Å². The van der Waals surface area contributed by atoms with Crippen LogP contribution in [0.5, 0.6) is 0 Å². The Bertz CT molecular complexity index is 467. The van der Waals surface area contributed by atoms with Crippen molar-refractivity contribution in [2.75, 3.05) is 7.05 Å². The molecule has 17 heavy (non-hydrogen) atoms. The highest BCUT2D eigenvalue weighted by molar-refractivity contribution is 14.1. The van der Waals surface area contributed by atoms with Gasteiger partial charge in [0.25, 0.3) is 5.91 Å². The zero-order valence-corrected chi connectivity index (χ0v) is 14.0. The van der Waals surface area contributed by atoms with Gasteiger partial charge >= 0.3 is 0 Å². The van der Waals surface area contributed by atoms with Crippen LogP contribution in [0.2, 0.25) is 0 Å². The number of rotatable bonds is 3. The van der Waals surface area contributed by atoms with Gasteiger partial charge in [-0.1, -0.05) is 12.2 Å². The van der Waals surface area contributed by atoms with Gasteiger partial charge in [0.15, 0.2) is 0 Å². The van der Waals surface area contributed by atoms with Crippen LogP contribution in [-0.4, -0.2) is 28.9 Å². The molecule has 0 aliphatic rings. The van der Waals surface area contributed by atoms with Crippen molar-refractivity contribution in [2.24, 2.45) is 5.73 Å². The minimum Gasteiger partial charge on any atom is -0.392 e. The first kappa shape index (κ1) is 14.8. The highest BCUT2D eigenvalue weighted by Gasteiger charge is 2.21. The largest absolute Gasteiger partial charge is 0.392 e. The fourth-order valence-corrected chi connectivity index (χ4v) is 2.28. The van der Waals surface area contributed by atoms with Crippen molar-refractivity contribution in [3.63, 3.8) is 0 Å². The second kappa shape index (κ2) is 6.10. The summed E-state index contributed by atoms with van der Waals surface area (Å²) < 4.78 is 1.77. The van der Waals surface area contributed by atoms with E-state index in [4.69, 9.17) is 18.0 Å². The number of hydrogen-bond acceptors (Lipinski definition) is 2. The first-order valence-corrected chi connectivity index (χ1v) is 7.14. The maximum absolute atomic E-state index is 12.2. The molecule has 92 valence electrons. The predicted molar refractivity (Wildman–Crippen MR) is 85.2 cm³/mol. The smallest absolute Gasteiger partial charge is 0.255 e. The Balaban J connectivity index is 3.04. The van der Waals surface area contributed by atoms with Crippen LogP contribution in [0.4, 0.5) is 0 Å². The second-order valence-corrected chi connectivity index (χ2v) is 6.19. The third-order valence-electron chi connectivity index (χ3n) is 2.47. The number of hydrogen-bond donors (Lipinski definition) is 1. The number of carbonyl (C=O) groups is 1. The molecule has 2 N–H and O–H groups in total. The molecule has 0 radical (unpaired) electrons. The Morgan fingerprint density at radius 3 is 2.71 bits per heavy atom. The maximum Gasteiger partial charge on any atom is 0.255 e. The highest BCUT2D eigenvalue weighted by Crippen LogP contribution is 2.21. The van der Waals surface area contributed by atoms with Crippen molar-refractivity contribution in [2.45, 2.75) is 13.0 Å². The van der Waals surface area contributed by atoms with Crippen LogP contribution in [0.1, 0.15) is 17.3 Å². The number of carbonyl (C=O) groups excluding carboxylic acids is 1. The van der Waals surface area contributed by atoms with Gasteiger partial charge in [0.05, 0.1) is 16.6 Å². The molecule has 0 saturated carbocycles. The van der Waals surface area contributed by atoms with Gasteiger partial charge in [0.1, 0.15) is 0 Å². The molecular weight excluding hydrogens is 415 g/mol. The minimum atomic E-state index is -0.262. The zero-order chi connectivity index (χ0) is 13.2. The lowest BCUT2D eigenvalue weighted by molar-refractivity contribution is 0.0778. The van der Waals surface area contributed by atoms with Crippen molar-refractivity contribution >= 4 is 61.6 Å². The van der Waals surface area contributed by atoms with Gasteiger partial charge in [0, 0.05) is 15.1 Å². The van der Waals surface area contributed by atoms with E-state index in [0.29, 0.717) is 10.6 Å². The molecule has 0 spiro atoms. The molecule has 0 fully saturated rings. The average molecular weight is 427 g/mol. The third kappa shape index (κ3) is 3.62. The second-order valence-electron chi connectivity index (χ2n) is 3.62.